The van der Waals surface area contributed by atoms with Crippen molar-refractivity contribution in [2.24, 2.45) is 0 Å². The number of hydrogen-bond donors (Lipinski definition) is 1. The highest BCUT2D eigenvalue weighted by molar-refractivity contribution is 6.31. The van der Waals surface area contributed by atoms with Crippen molar-refractivity contribution in [3.63, 3.8) is 0 Å². The third kappa shape index (κ3) is 4.17. The first-order chi connectivity index (χ1) is 9.69. The second-order valence-corrected chi connectivity index (χ2v) is 5.16. The van der Waals surface area contributed by atoms with Crippen molar-refractivity contribution in [2.45, 2.75) is 20.3 Å². The Morgan fingerprint density at radius 3 is 2.55 bits per heavy atom. The van der Waals surface area contributed by atoms with Crippen LogP contribution in [0.3, 0.4) is 0 Å². The van der Waals surface area contributed by atoms with E-state index in [0.29, 0.717) is 6.61 Å². The van der Waals surface area contributed by atoms with E-state index in [0.717, 1.165) is 35.0 Å². The van der Waals surface area contributed by atoms with Gasteiger partial charge in [0, 0.05) is 17.3 Å². The van der Waals surface area contributed by atoms with E-state index in [2.05, 4.69) is 43.4 Å². The summed E-state index contributed by atoms with van der Waals surface area (Å²) >= 11 is 6.08. The predicted molar refractivity (Wildman–Crippen MR) is 86.0 cm³/mol. The van der Waals surface area contributed by atoms with Crippen molar-refractivity contribution >= 4 is 17.3 Å². The molecule has 2 aromatic rings. The smallest absolute Gasteiger partial charge is 0.119 e. The molecule has 2 rings (SSSR count). The largest absolute Gasteiger partial charge is 0.492 e. The molecule has 0 aliphatic rings. The van der Waals surface area contributed by atoms with Crippen LogP contribution in [0.2, 0.25) is 5.02 Å². The zero-order chi connectivity index (χ0) is 14.4. The minimum Gasteiger partial charge on any atom is -0.492 e. The van der Waals surface area contributed by atoms with Crippen LogP contribution in [0, 0.1) is 6.92 Å². The molecule has 0 unspecified atom stereocenters. The van der Waals surface area contributed by atoms with Gasteiger partial charge in [0.15, 0.2) is 0 Å². The molecule has 3 heteroatoms. The Morgan fingerprint density at radius 1 is 1.10 bits per heavy atom. The van der Waals surface area contributed by atoms with Crippen molar-refractivity contribution < 1.29 is 4.74 Å². The van der Waals surface area contributed by atoms with E-state index in [-0.39, 0.29) is 0 Å². The molecule has 0 heterocycles. The number of ether oxygens (including phenoxy) is 1. The third-order valence-corrected chi connectivity index (χ3v) is 3.52. The summed E-state index contributed by atoms with van der Waals surface area (Å²) in [7, 11) is 0. The number of halogens is 1. The normalized spacial score (nSPS) is 10.3. The predicted octanol–water partition coefficient (Wildman–Crippen LogP) is 4.70. The highest BCUT2D eigenvalue weighted by Crippen LogP contribution is 2.22. The summed E-state index contributed by atoms with van der Waals surface area (Å²) < 4.78 is 5.73. The van der Waals surface area contributed by atoms with Crippen molar-refractivity contribution in [1.82, 2.24) is 0 Å². The van der Waals surface area contributed by atoms with E-state index >= 15 is 0 Å². The molecule has 0 aromatic heterocycles. The van der Waals surface area contributed by atoms with Crippen LogP contribution < -0.4 is 10.1 Å². The van der Waals surface area contributed by atoms with Crippen LogP contribution in [0.25, 0.3) is 0 Å². The zero-order valence-electron chi connectivity index (χ0n) is 11.9. The summed E-state index contributed by atoms with van der Waals surface area (Å²) in [5.74, 6) is 0.872. The molecule has 2 nitrogen and oxygen atoms in total. The summed E-state index contributed by atoms with van der Waals surface area (Å²) in [6.45, 7) is 5.56. The Bertz CT molecular complexity index is 551. The molecule has 0 atom stereocenters. The monoisotopic (exact) mass is 289 g/mol. The molecule has 106 valence electrons. The van der Waals surface area contributed by atoms with Gasteiger partial charge in [-0.2, -0.15) is 0 Å². The van der Waals surface area contributed by atoms with E-state index in [1.807, 2.05) is 18.2 Å². The fourth-order valence-corrected chi connectivity index (χ4v) is 2.20. The van der Waals surface area contributed by atoms with Gasteiger partial charge in [0.2, 0.25) is 0 Å². The van der Waals surface area contributed by atoms with E-state index in [1.54, 1.807) is 0 Å². The standard InChI is InChI=1S/C17H20ClNO/c1-3-14-12-16(8-9-17(14)18)20-11-10-19-15-6-4-13(2)5-7-15/h4-9,12,19H,3,10-11H2,1-2H3. The first-order valence-corrected chi connectivity index (χ1v) is 7.28. The lowest BCUT2D eigenvalue weighted by Crippen LogP contribution is -2.11. The molecule has 0 spiro atoms. The number of anilines is 1. The maximum atomic E-state index is 6.08. The average molecular weight is 290 g/mol. The van der Waals surface area contributed by atoms with Crippen LogP contribution in [-0.4, -0.2) is 13.2 Å². The Balaban J connectivity index is 1.79. The first-order valence-electron chi connectivity index (χ1n) is 6.91. The molecule has 0 amide bonds. The molecule has 0 radical (unpaired) electrons. The Morgan fingerprint density at radius 2 is 1.85 bits per heavy atom. The Kier molecular flexibility index (Phi) is 5.31. The van der Waals surface area contributed by atoms with Crippen LogP contribution in [0.15, 0.2) is 42.5 Å². The van der Waals surface area contributed by atoms with E-state index in [1.165, 1.54) is 5.56 Å². The summed E-state index contributed by atoms with van der Waals surface area (Å²) in [5, 5.41) is 4.13. The summed E-state index contributed by atoms with van der Waals surface area (Å²) in [5.41, 5.74) is 3.50. The topological polar surface area (TPSA) is 21.3 Å². The molecule has 0 saturated heterocycles. The number of nitrogens with one attached hydrogen (secondary N) is 1. The lowest BCUT2D eigenvalue weighted by molar-refractivity contribution is 0.332. The Labute approximate surface area is 125 Å². The third-order valence-electron chi connectivity index (χ3n) is 3.15. The molecule has 20 heavy (non-hydrogen) atoms. The molecule has 0 aliphatic heterocycles. The highest BCUT2D eigenvalue weighted by atomic mass is 35.5. The van der Waals surface area contributed by atoms with Gasteiger partial charge < -0.3 is 10.1 Å². The molecule has 1 N–H and O–H groups in total. The van der Waals surface area contributed by atoms with E-state index in [4.69, 9.17) is 16.3 Å². The van der Waals surface area contributed by atoms with Crippen molar-refractivity contribution in [2.75, 3.05) is 18.5 Å². The maximum Gasteiger partial charge on any atom is 0.119 e. The van der Waals surface area contributed by atoms with Gasteiger partial charge in [-0.15, -0.1) is 0 Å². The Hall–Kier alpha value is -1.67. The van der Waals surface area contributed by atoms with Crippen molar-refractivity contribution in [3.8, 4) is 5.75 Å². The molecular weight excluding hydrogens is 270 g/mol. The SMILES string of the molecule is CCc1cc(OCCNc2ccc(C)cc2)ccc1Cl. The molecule has 0 aliphatic carbocycles. The number of rotatable bonds is 6. The van der Waals surface area contributed by atoms with Crippen molar-refractivity contribution in [1.29, 1.82) is 0 Å². The summed E-state index contributed by atoms with van der Waals surface area (Å²) in [6, 6.07) is 14.1. The quantitative estimate of drug-likeness (QED) is 0.778. The molecule has 2 aromatic carbocycles. The van der Waals surface area contributed by atoms with Gasteiger partial charge in [0.25, 0.3) is 0 Å². The minimum atomic E-state index is 0.624. The fourth-order valence-electron chi connectivity index (χ4n) is 1.95. The van der Waals surface area contributed by atoms with Gasteiger partial charge in [-0.25, -0.2) is 0 Å². The number of hydrogen-bond acceptors (Lipinski definition) is 2. The van der Waals surface area contributed by atoms with Gasteiger partial charge in [-0.1, -0.05) is 36.2 Å². The van der Waals surface area contributed by atoms with Gasteiger partial charge >= 0.3 is 0 Å². The lowest BCUT2D eigenvalue weighted by Gasteiger charge is -2.10. The van der Waals surface area contributed by atoms with Gasteiger partial charge in [-0.05, 0) is 49.2 Å². The van der Waals surface area contributed by atoms with Crippen molar-refractivity contribution in [3.05, 3.63) is 58.6 Å². The first kappa shape index (κ1) is 14.7. The average Bonchev–Trinajstić information content (AvgIpc) is 2.47. The van der Waals surface area contributed by atoms with Crippen LogP contribution in [0.1, 0.15) is 18.1 Å². The van der Waals surface area contributed by atoms with Gasteiger partial charge in [0.05, 0.1) is 0 Å². The van der Waals surface area contributed by atoms with Crippen LogP contribution in [-0.2, 0) is 6.42 Å². The summed E-state index contributed by atoms with van der Waals surface area (Å²) in [6.07, 6.45) is 0.914. The second kappa shape index (κ2) is 7.20. The van der Waals surface area contributed by atoms with E-state index < -0.39 is 0 Å². The number of aryl methyl sites for hydroxylation is 2. The fraction of sp³-hybridized carbons (Fsp3) is 0.294. The molecule has 0 fully saturated rings. The van der Waals surface area contributed by atoms with Crippen LogP contribution >= 0.6 is 11.6 Å². The highest BCUT2D eigenvalue weighted by Gasteiger charge is 2.01. The minimum absolute atomic E-state index is 0.624. The number of benzene rings is 2. The summed E-state index contributed by atoms with van der Waals surface area (Å²) in [4.78, 5) is 0. The van der Waals surface area contributed by atoms with Crippen LogP contribution in [0.4, 0.5) is 5.69 Å². The maximum absolute atomic E-state index is 6.08. The second-order valence-electron chi connectivity index (χ2n) is 4.75. The van der Waals surface area contributed by atoms with E-state index in [9.17, 15) is 0 Å². The molecular formula is C17H20ClNO. The lowest BCUT2D eigenvalue weighted by atomic mass is 10.1. The molecule has 0 bridgehead atoms. The van der Waals surface area contributed by atoms with Crippen LogP contribution in [0.5, 0.6) is 5.75 Å². The molecule has 0 saturated carbocycles. The van der Waals surface area contributed by atoms with Gasteiger partial charge in [0.1, 0.15) is 12.4 Å². The van der Waals surface area contributed by atoms with Gasteiger partial charge in [-0.3, -0.25) is 0 Å². The zero-order valence-corrected chi connectivity index (χ0v) is 12.7.